The number of aliphatic hydroxyl groups is 6. The molecule has 3 fully saturated rings. The molecule has 0 aromatic heterocycles. The van der Waals surface area contributed by atoms with Gasteiger partial charge in [-0.3, -0.25) is 4.79 Å². The average Bonchev–Trinajstić information content (AvgIpc) is 2.92. The SMILES string of the molecule is CCC1OC(OC2C(C)CC(NC(=O)C(O)CNC(=O)OC(C)(C)C)C(OC3OC(CO)C(O)CC3O)C2O)C(C)CC1O. The van der Waals surface area contributed by atoms with Crippen LogP contribution in [0.1, 0.15) is 67.2 Å². The molecule has 1 aliphatic carbocycles. The first kappa shape index (κ1) is 36.8. The Morgan fingerprint density at radius 2 is 1.50 bits per heavy atom. The van der Waals surface area contributed by atoms with Crippen LogP contribution in [0.4, 0.5) is 4.79 Å². The van der Waals surface area contributed by atoms with E-state index >= 15 is 0 Å². The normalized spacial score (nSPS) is 40.6. The zero-order valence-corrected chi connectivity index (χ0v) is 26.4. The average molecular weight is 637 g/mol. The molecule has 256 valence electrons. The summed E-state index contributed by atoms with van der Waals surface area (Å²) in [6.07, 6.45) is -11.6. The quantitative estimate of drug-likeness (QED) is 0.142. The van der Waals surface area contributed by atoms with Gasteiger partial charge in [0.2, 0.25) is 0 Å². The smallest absolute Gasteiger partial charge is 0.407 e. The van der Waals surface area contributed by atoms with Gasteiger partial charge in [-0.2, -0.15) is 0 Å². The number of amides is 2. The first-order valence-corrected chi connectivity index (χ1v) is 15.4. The number of nitrogens with one attached hydrogen (secondary N) is 2. The van der Waals surface area contributed by atoms with Crippen LogP contribution >= 0.6 is 0 Å². The van der Waals surface area contributed by atoms with E-state index in [1.165, 1.54) is 0 Å². The van der Waals surface area contributed by atoms with Gasteiger partial charge in [-0.25, -0.2) is 4.79 Å². The lowest BCUT2D eigenvalue weighted by molar-refractivity contribution is -0.319. The second kappa shape index (κ2) is 15.8. The van der Waals surface area contributed by atoms with Crippen LogP contribution < -0.4 is 10.6 Å². The molecule has 3 aliphatic rings. The summed E-state index contributed by atoms with van der Waals surface area (Å²) in [7, 11) is 0. The Morgan fingerprint density at radius 1 is 0.886 bits per heavy atom. The Balaban J connectivity index is 1.76. The van der Waals surface area contributed by atoms with E-state index in [4.69, 9.17) is 23.7 Å². The Kier molecular flexibility index (Phi) is 13.2. The Hall–Kier alpha value is -1.66. The largest absolute Gasteiger partial charge is 0.444 e. The molecule has 0 aromatic rings. The summed E-state index contributed by atoms with van der Waals surface area (Å²) in [6.45, 7) is 9.61. The highest BCUT2D eigenvalue weighted by molar-refractivity contribution is 5.81. The number of rotatable bonds is 10. The van der Waals surface area contributed by atoms with E-state index in [1.807, 2.05) is 20.8 Å². The summed E-state index contributed by atoms with van der Waals surface area (Å²) >= 11 is 0. The predicted octanol–water partition coefficient (Wildman–Crippen LogP) is -1.12. The second-order valence-electron chi connectivity index (χ2n) is 13.2. The molecule has 15 nitrogen and oxygen atoms in total. The minimum Gasteiger partial charge on any atom is -0.444 e. The third-order valence-electron chi connectivity index (χ3n) is 8.24. The lowest BCUT2D eigenvalue weighted by atomic mass is 9.79. The number of aliphatic hydroxyl groups excluding tert-OH is 6. The molecule has 0 bridgehead atoms. The first-order valence-electron chi connectivity index (χ1n) is 15.4. The van der Waals surface area contributed by atoms with Gasteiger partial charge in [0, 0.05) is 12.3 Å². The molecule has 14 unspecified atom stereocenters. The molecule has 3 rings (SSSR count). The van der Waals surface area contributed by atoms with E-state index in [0.29, 0.717) is 12.8 Å². The van der Waals surface area contributed by atoms with Crippen LogP contribution in [0.5, 0.6) is 0 Å². The molecule has 0 spiro atoms. The molecule has 2 aliphatic heterocycles. The third kappa shape index (κ3) is 9.67. The van der Waals surface area contributed by atoms with Gasteiger partial charge in [0.1, 0.15) is 36.1 Å². The maximum atomic E-state index is 13.0. The fourth-order valence-electron chi connectivity index (χ4n) is 5.86. The van der Waals surface area contributed by atoms with Crippen molar-refractivity contribution in [2.45, 2.75) is 146 Å². The van der Waals surface area contributed by atoms with Crippen LogP contribution in [0, 0.1) is 11.8 Å². The van der Waals surface area contributed by atoms with Crippen LogP contribution in [-0.2, 0) is 28.5 Å². The van der Waals surface area contributed by atoms with Gasteiger partial charge in [0.25, 0.3) is 5.91 Å². The van der Waals surface area contributed by atoms with Crippen molar-refractivity contribution in [1.29, 1.82) is 0 Å². The second-order valence-corrected chi connectivity index (χ2v) is 13.2. The highest BCUT2D eigenvalue weighted by Gasteiger charge is 2.50. The molecular weight excluding hydrogens is 584 g/mol. The molecule has 14 atom stereocenters. The molecule has 8 N–H and O–H groups in total. The van der Waals surface area contributed by atoms with E-state index in [1.54, 1.807) is 20.8 Å². The van der Waals surface area contributed by atoms with Crippen molar-refractivity contribution in [3.8, 4) is 0 Å². The molecule has 15 heteroatoms. The molecule has 0 aromatic carbocycles. The van der Waals surface area contributed by atoms with E-state index in [0.717, 1.165) is 0 Å². The zero-order chi connectivity index (χ0) is 32.9. The van der Waals surface area contributed by atoms with Crippen LogP contribution in [0.3, 0.4) is 0 Å². The molecule has 0 radical (unpaired) electrons. The summed E-state index contributed by atoms with van der Waals surface area (Å²) < 4.78 is 29.1. The number of alkyl carbamates (subject to hydrolysis) is 1. The van der Waals surface area contributed by atoms with E-state index in [9.17, 15) is 40.2 Å². The van der Waals surface area contributed by atoms with Crippen LogP contribution in [-0.4, -0.2) is 135 Å². The Bertz CT molecular complexity index is 935. The van der Waals surface area contributed by atoms with Crippen molar-refractivity contribution in [3.63, 3.8) is 0 Å². The Labute approximate surface area is 258 Å². The van der Waals surface area contributed by atoms with Crippen LogP contribution in [0.15, 0.2) is 0 Å². The fourth-order valence-corrected chi connectivity index (χ4v) is 5.86. The fraction of sp³-hybridized carbons (Fsp3) is 0.931. The van der Waals surface area contributed by atoms with E-state index in [-0.39, 0.29) is 24.7 Å². The van der Waals surface area contributed by atoms with Gasteiger partial charge < -0.3 is 65.0 Å². The summed E-state index contributed by atoms with van der Waals surface area (Å²) in [6, 6.07) is -0.909. The minimum absolute atomic E-state index is 0.157. The molecule has 2 saturated heterocycles. The van der Waals surface area contributed by atoms with Crippen molar-refractivity contribution < 1.29 is 63.9 Å². The molecule has 44 heavy (non-hydrogen) atoms. The molecule has 2 heterocycles. The third-order valence-corrected chi connectivity index (χ3v) is 8.24. The maximum absolute atomic E-state index is 13.0. The van der Waals surface area contributed by atoms with Gasteiger partial charge in [-0.05, 0) is 46.0 Å². The van der Waals surface area contributed by atoms with Crippen molar-refractivity contribution in [3.05, 3.63) is 0 Å². The lowest BCUT2D eigenvalue weighted by Gasteiger charge is -2.48. The predicted molar refractivity (Wildman–Crippen MR) is 153 cm³/mol. The number of ether oxygens (including phenoxy) is 5. The minimum atomic E-state index is -1.66. The van der Waals surface area contributed by atoms with Crippen LogP contribution in [0.2, 0.25) is 0 Å². The number of carbonyl (C=O) groups excluding carboxylic acids is 2. The summed E-state index contributed by atoms with van der Waals surface area (Å²) in [5.41, 5.74) is -0.774. The van der Waals surface area contributed by atoms with Crippen molar-refractivity contribution in [1.82, 2.24) is 10.6 Å². The van der Waals surface area contributed by atoms with Gasteiger partial charge in [0.05, 0.1) is 43.6 Å². The standard InChI is InChI=1S/C29H52N2O13/c1-7-20-16(33)9-14(3)26(40-20)42-23-13(2)8-15(31-25(38)19(36)11-30-28(39)44-29(4,5)6)24(22(23)37)43-27-18(35)10-17(34)21(12-32)41-27/h13-24,26-27,32-37H,7-12H2,1-6H3,(H,30,39)(H,31,38). The summed E-state index contributed by atoms with van der Waals surface area (Å²) in [4.78, 5) is 25.0. The van der Waals surface area contributed by atoms with Gasteiger partial charge in [-0.15, -0.1) is 0 Å². The van der Waals surface area contributed by atoms with Gasteiger partial charge in [-0.1, -0.05) is 20.8 Å². The molecular formula is C29H52N2O13. The summed E-state index contributed by atoms with van der Waals surface area (Å²) in [5, 5.41) is 67.8. The lowest BCUT2D eigenvalue weighted by Crippen LogP contribution is -2.64. The zero-order valence-electron chi connectivity index (χ0n) is 26.4. The van der Waals surface area contributed by atoms with E-state index in [2.05, 4.69) is 10.6 Å². The Morgan fingerprint density at radius 3 is 2.11 bits per heavy atom. The van der Waals surface area contributed by atoms with Crippen molar-refractivity contribution in [2.75, 3.05) is 13.2 Å². The first-order chi connectivity index (χ1) is 20.5. The van der Waals surface area contributed by atoms with Gasteiger partial charge in [0.15, 0.2) is 12.6 Å². The van der Waals surface area contributed by atoms with Crippen molar-refractivity contribution >= 4 is 12.0 Å². The summed E-state index contributed by atoms with van der Waals surface area (Å²) in [5.74, 6) is -1.40. The molecule has 2 amide bonds. The number of hydrogen-bond donors (Lipinski definition) is 8. The number of hydrogen-bond acceptors (Lipinski definition) is 13. The highest BCUT2D eigenvalue weighted by atomic mass is 16.7. The highest BCUT2D eigenvalue weighted by Crippen LogP contribution is 2.36. The topological polar surface area (TPSA) is 226 Å². The monoisotopic (exact) mass is 636 g/mol. The van der Waals surface area contributed by atoms with E-state index < -0.39 is 104 Å². The number of carbonyl (C=O) groups is 2. The van der Waals surface area contributed by atoms with Crippen LogP contribution in [0.25, 0.3) is 0 Å². The van der Waals surface area contributed by atoms with Crippen molar-refractivity contribution in [2.24, 2.45) is 11.8 Å². The van der Waals surface area contributed by atoms with Gasteiger partial charge >= 0.3 is 6.09 Å². The molecule has 1 saturated carbocycles. The maximum Gasteiger partial charge on any atom is 0.407 e.